The van der Waals surface area contributed by atoms with Crippen LogP contribution < -0.4 is 5.32 Å². The van der Waals surface area contributed by atoms with Gasteiger partial charge in [0.1, 0.15) is 17.4 Å². The molecule has 1 unspecified atom stereocenters. The predicted octanol–water partition coefficient (Wildman–Crippen LogP) is 1.21. The van der Waals surface area contributed by atoms with Gasteiger partial charge in [-0.1, -0.05) is 0 Å². The lowest BCUT2D eigenvalue weighted by Gasteiger charge is -2.12. The summed E-state index contributed by atoms with van der Waals surface area (Å²) >= 11 is 0. The first-order chi connectivity index (χ1) is 11.8. The second-order valence-electron chi connectivity index (χ2n) is 5.26. The summed E-state index contributed by atoms with van der Waals surface area (Å²) in [5.74, 6) is -1.28. The Bertz CT molecular complexity index is 824. The van der Waals surface area contributed by atoms with Crippen LogP contribution in [0.4, 0.5) is 11.6 Å². The third-order valence-corrected chi connectivity index (χ3v) is 3.52. The van der Waals surface area contributed by atoms with Crippen molar-refractivity contribution >= 4 is 23.5 Å². The molecule has 11 nitrogen and oxygen atoms in total. The van der Waals surface area contributed by atoms with Crippen LogP contribution in [0.1, 0.15) is 35.9 Å². The lowest BCUT2D eigenvalue weighted by molar-refractivity contribution is -0.389. The number of anilines is 1. The molecule has 134 valence electrons. The Kier molecular flexibility index (Phi) is 5.15. The fraction of sp³-hybridized carbons (Fsp3) is 0.429. The highest BCUT2D eigenvalue weighted by atomic mass is 16.6. The van der Waals surface area contributed by atoms with Gasteiger partial charge in [-0.25, -0.2) is 4.79 Å². The van der Waals surface area contributed by atoms with Gasteiger partial charge < -0.3 is 20.2 Å². The monoisotopic (exact) mass is 350 g/mol. The van der Waals surface area contributed by atoms with Crippen molar-refractivity contribution in [1.29, 1.82) is 0 Å². The minimum absolute atomic E-state index is 0.119. The number of esters is 1. The molecular weight excluding hydrogens is 332 g/mol. The Morgan fingerprint density at radius 3 is 2.72 bits per heavy atom. The molecule has 25 heavy (non-hydrogen) atoms. The Morgan fingerprint density at radius 2 is 2.16 bits per heavy atom. The number of ether oxygens (including phenoxy) is 1. The zero-order chi connectivity index (χ0) is 18.7. The SMILES string of the molecule is CCOC(=O)c1cnn(C)c1NC(=O)C(C)n1nc([N+](=O)[O-])cc1C. The fourth-order valence-corrected chi connectivity index (χ4v) is 2.23. The van der Waals surface area contributed by atoms with Crippen LogP contribution >= 0.6 is 0 Å². The molecule has 1 atom stereocenters. The maximum absolute atomic E-state index is 12.5. The van der Waals surface area contributed by atoms with Crippen molar-refractivity contribution in [2.45, 2.75) is 26.8 Å². The maximum atomic E-state index is 12.5. The summed E-state index contributed by atoms with van der Waals surface area (Å²) < 4.78 is 7.49. The highest BCUT2D eigenvalue weighted by molar-refractivity contribution is 6.01. The van der Waals surface area contributed by atoms with E-state index in [0.717, 1.165) is 0 Å². The summed E-state index contributed by atoms with van der Waals surface area (Å²) in [6, 6.07) is 0.441. The van der Waals surface area contributed by atoms with Gasteiger partial charge in [0.2, 0.25) is 0 Å². The number of nitro groups is 1. The van der Waals surface area contributed by atoms with E-state index in [0.29, 0.717) is 5.69 Å². The van der Waals surface area contributed by atoms with Gasteiger partial charge in [-0.15, -0.1) is 0 Å². The van der Waals surface area contributed by atoms with Crippen LogP contribution in [0.25, 0.3) is 0 Å². The van der Waals surface area contributed by atoms with E-state index < -0.39 is 22.8 Å². The molecule has 2 heterocycles. The Morgan fingerprint density at radius 1 is 1.48 bits per heavy atom. The van der Waals surface area contributed by atoms with Gasteiger partial charge in [0.15, 0.2) is 0 Å². The van der Waals surface area contributed by atoms with Crippen LogP contribution in [0.2, 0.25) is 0 Å². The van der Waals surface area contributed by atoms with Gasteiger partial charge in [0, 0.05) is 7.05 Å². The Labute approximate surface area is 142 Å². The van der Waals surface area contributed by atoms with E-state index in [9.17, 15) is 19.7 Å². The maximum Gasteiger partial charge on any atom is 0.390 e. The molecular formula is C14H18N6O5. The number of aryl methyl sites for hydroxylation is 2. The van der Waals surface area contributed by atoms with Gasteiger partial charge in [-0.2, -0.15) is 9.78 Å². The Balaban J connectivity index is 2.24. The summed E-state index contributed by atoms with van der Waals surface area (Å²) in [6.45, 7) is 5.01. The molecule has 1 amide bonds. The van der Waals surface area contributed by atoms with Crippen molar-refractivity contribution in [2.75, 3.05) is 11.9 Å². The smallest absolute Gasteiger partial charge is 0.390 e. The van der Waals surface area contributed by atoms with Crippen LogP contribution in [-0.2, 0) is 16.6 Å². The second-order valence-corrected chi connectivity index (χ2v) is 5.26. The number of amides is 1. The molecule has 0 fully saturated rings. The molecule has 2 aromatic rings. The summed E-state index contributed by atoms with van der Waals surface area (Å²) in [5.41, 5.74) is 0.582. The Hall–Kier alpha value is -3.24. The zero-order valence-corrected chi connectivity index (χ0v) is 14.2. The first-order valence-corrected chi connectivity index (χ1v) is 7.46. The largest absolute Gasteiger partial charge is 0.462 e. The molecule has 0 saturated heterocycles. The summed E-state index contributed by atoms with van der Waals surface area (Å²) in [5, 5.41) is 21.2. The molecule has 0 aliphatic heterocycles. The van der Waals surface area contributed by atoms with E-state index >= 15 is 0 Å². The molecule has 0 aliphatic rings. The number of carbonyl (C=O) groups is 2. The van der Waals surface area contributed by atoms with Gasteiger partial charge in [-0.05, 0) is 25.7 Å². The first kappa shape index (κ1) is 18.1. The fourth-order valence-electron chi connectivity index (χ4n) is 2.23. The first-order valence-electron chi connectivity index (χ1n) is 7.46. The summed E-state index contributed by atoms with van der Waals surface area (Å²) in [7, 11) is 1.56. The van der Waals surface area contributed by atoms with E-state index in [-0.39, 0.29) is 23.8 Å². The van der Waals surface area contributed by atoms with E-state index in [4.69, 9.17) is 4.74 Å². The predicted molar refractivity (Wildman–Crippen MR) is 86.1 cm³/mol. The minimum Gasteiger partial charge on any atom is -0.462 e. The van der Waals surface area contributed by atoms with Gasteiger partial charge >= 0.3 is 11.8 Å². The molecule has 2 aromatic heterocycles. The van der Waals surface area contributed by atoms with Gasteiger partial charge in [0.05, 0.1) is 29.7 Å². The summed E-state index contributed by atoms with van der Waals surface area (Å²) in [6.07, 6.45) is 1.29. The lowest BCUT2D eigenvalue weighted by Crippen LogP contribution is -2.27. The number of rotatable bonds is 6. The number of nitrogens with one attached hydrogen (secondary N) is 1. The molecule has 2 rings (SSSR count). The lowest BCUT2D eigenvalue weighted by atomic mass is 10.2. The van der Waals surface area contributed by atoms with Crippen molar-refractivity contribution in [3.63, 3.8) is 0 Å². The van der Waals surface area contributed by atoms with Crippen molar-refractivity contribution < 1.29 is 19.2 Å². The highest BCUT2D eigenvalue weighted by Gasteiger charge is 2.27. The van der Waals surface area contributed by atoms with Crippen molar-refractivity contribution in [3.8, 4) is 0 Å². The molecule has 0 saturated carbocycles. The molecule has 0 bridgehead atoms. The van der Waals surface area contributed by atoms with Crippen LogP contribution in [0.15, 0.2) is 12.3 Å². The van der Waals surface area contributed by atoms with Crippen molar-refractivity contribution in [3.05, 3.63) is 33.6 Å². The molecule has 0 radical (unpaired) electrons. The van der Waals surface area contributed by atoms with Gasteiger partial charge in [-0.3, -0.25) is 9.48 Å². The zero-order valence-electron chi connectivity index (χ0n) is 14.2. The summed E-state index contributed by atoms with van der Waals surface area (Å²) in [4.78, 5) is 34.6. The quantitative estimate of drug-likeness (QED) is 0.470. The second kappa shape index (κ2) is 7.11. The van der Waals surface area contributed by atoms with E-state index in [1.165, 1.54) is 21.6 Å². The molecule has 0 aliphatic carbocycles. The highest BCUT2D eigenvalue weighted by Crippen LogP contribution is 2.20. The molecule has 11 heteroatoms. The third kappa shape index (κ3) is 3.65. The average Bonchev–Trinajstić information content (AvgIpc) is 3.11. The van der Waals surface area contributed by atoms with Crippen LogP contribution in [0.5, 0.6) is 0 Å². The van der Waals surface area contributed by atoms with Crippen LogP contribution in [0, 0.1) is 17.0 Å². The van der Waals surface area contributed by atoms with E-state index in [2.05, 4.69) is 15.5 Å². The number of nitrogens with zero attached hydrogens (tertiary/aromatic N) is 5. The van der Waals surface area contributed by atoms with Crippen molar-refractivity contribution in [2.24, 2.45) is 7.05 Å². The normalized spacial score (nSPS) is 11.8. The standard InChI is InChI=1S/C14H18N6O5/c1-5-25-14(22)10-7-15-18(4)12(10)16-13(21)9(3)19-8(2)6-11(17-19)20(23)24/h6-7,9H,5H2,1-4H3,(H,16,21). The minimum atomic E-state index is -0.835. The number of hydrogen-bond donors (Lipinski definition) is 1. The third-order valence-electron chi connectivity index (χ3n) is 3.52. The van der Waals surface area contributed by atoms with Crippen molar-refractivity contribution in [1.82, 2.24) is 19.6 Å². The molecule has 0 spiro atoms. The number of carbonyl (C=O) groups excluding carboxylic acids is 2. The topological polar surface area (TPSA) is 134 Å². The van der Waals surface area contributed by atoms with E-state index in [1.54, 1.807) is 27.8 Å². The van der Waals surface area contributed by atoms with E-state index in [1.807, 2.05) is 0 Å². The van der Waals surface area contributed by atoms with Crippen LogP contribution in [-0.4, -0.2) is 43.0 Å². The van der Waals surface area contributed by atoms with Crippen LogP contribution in [0.3, 0.4) is 0 Å². The number of hydrogen-bond acceptors (Lipinski definition) is 7. The molecule has 1 N–H and O–H groups in total. The molecule has 0 aromatic carbocycles. The average molecular weight is 350 g/mol. The number of aromatic nitrogens is 4. The van der Waals surface area contributed by atoms with Gasteiger partial charge in [0.25, 0.3) is 5.91 Å².